The second-order valence-electron chi connectivity index (χ2n) is 7.62. The van der Waals surface area contributed by atoms with Crippen LogP contribution in [0, 0.1) is 5.92 Å². The zero-order valence-electron chi connectivity index (χ0n) is 17.8. The second-order valence-corrected chi connectivity index (χ2v) is 7.62. The highest BCUT2D eigenvalue weighted by molar-refractivity contribution is 5.62. The third-order valence-electron chi connectivity index (χ3n) is 5.07. The molecule has 0 saturated carbocycles. The van der Waals surface area contributed by atoms with Crippen molar-refractivity contribution in [2.24, 2.45) is 5.92 Å². The van der Waals surface area contributed by atoms with E-state index in [0.29, 0.717) is 24.9 Å². The molecule has 0 unspecified atom stereocenters. The first kappa shape index (κ1) is 20.7. The number of anilines is 1. The van der Waals surface area contributed by atoms with E-state index in [9.17, 15) is 0 Å². The Balaban J connectivity index is 1.57. The zero-order valence-corrected chi connectivity index (χ0v) is 17.8. The predicted molar refractivity (Wildman–Crippen MR) is 116 cm³/mol. The van der Waals surface area contributed by atoms with Crippen LogP contribution in [0.15, 0.2) is 53.6 Å². The fraction of sp³-hybridized carbons (Fsp3) is 0.318. The fourth-order valence-corrected chi connectivity index (χ4v) is 3.46. The van der Waals surface area contributed by atoms with Crippen LogP contribution in [-0.2, 0) is 11.3 Å². The molecule has 0 spiro atoms. The Labute approximate surface area is 180 Å². The van der Waals surface area contributed by atoms with E-state index in [2.05, 4.69) is 51.2 Å². The third-order valence-corrected chi connectivity index (χ3v) is 5.07. The average molecular weight is 419 g/mol. The van der Waals surface area contributed by atoms with Crippen molar-refractivity contribution < 1.29 is 9.26 Å². The Kier molecular flexibility index (Phi) is 6.03. The summed E-state index contributed by atoms with van der Waals surface area (Å²) < 4.78 is 12.4. The van der Waals surface area contributed by atoms with Crippen LogP contribution in [0.5, 0.6) is 0 Å². The van der Waals surface area contributed by atoms with Crippen LogP contribution in [0.2, 0.25) is 0 Å². The summed E-state index contributed by atoms with van der Waals surface area (Å²) in [6, 6.07) is 8.24. The maximum Gasteiger partial charge on any atom is 0.261 e. The van der Waals surface area contributed by atoms with E-state index >= 15 is 0 Å². The number of nitrogen functional groups attached to an aromatic ring is 1. The van der Waals surface area contributed by atoms with Crippen LogP contribution in [0.4, 0.5) is 5.95 Å². The molecule has 1 atom stereocenters. The molecule has 0 amide bonds. The number of hydrogen-bond acceptors (Lipinski definition) is 8. The SMILES string of the molecule is COCCn1cc(-c2nc([C@@H](c3ccc(-c4cnc(N)nc4)cc3)C(C)C)no2)cn1. The molecule has 3 aromatic heterocycles. The van der Waals surface area contributed by atoms with Gasteiger partial charge >= 0.3 is 0 Å². The predicted octanol–water partition coefficient (Wildman–Crippen LogP) is 3.41. The lowest BCUT2D eigenvalue weighted by molar-refractivity contribution is 0.183. The number of methoxy groups -OCH3 is 1. The number of nitrogens with zero attached hydrogens (tertiary/aromatic N) is 6. The minimum Gasteiger partial charge on any atom is -0.383 e. The van der Waals surface area contributed by atoms with Crippen LogP contribution in [0.3, 0.4) is 0 Å². The van der Waals surface area contributed by atoms with Gasteiger partial charge in [0.05, 0.1) is 24.9 Å². The first-order valence-corrected chi connectivity index (χ1v) is 10.1. The molecule has 9 heteroatoms. The van der Waals surface area contributed by atoms with Crippen molar-refractivity contribution in [3.8, 4) is 22.6 Å². The smallest absolute Gasteiger partial charge is 0.261 e. The lowest BCUT2D eigenvalue weighted by Crippen LogP contribution is -2.10. The summed E-state index contributed by atoms with van der Waals surface area (Å²) in [5.74, 6) is 1.65. The van der Waals surface area contributed by atoms with E-state index in [1.54, 1.807) is 30.4 Å². The number of rotatable bonds is 8. The van der Waals surface area contributed by atoms with E-state index in [4.69, 9.17) is 15.0 Å². The molecule has 4 aromatic rings. The summed E-state index contributed by atoms with van der Waals surface area (Å²) in [6.07, 6.45) is 7.04. The van der Waals surface area contributed by atoms with Crippen molar-refractivity contribution in [2.45, 2.75) is 26.3 Å². The minimum atomic E-state index is -0.00208. The van der Waals surface area contributed by atoms with Crippen molar-refractivity contribution in [2.75, 3.05) is 19.5 Å². The van der Waals surface area contributed by atoms with Crippen LogP contribution in [0.1, 0.15) is 31.2 Å². The molecular weight excluding hydrogens is 394 g/mol. The van der Waals surface area contributed by atoms with Gasteiger partial charge in [0.25, 0.3) is 5.89 Å². The first-order chi connectivity index (χ1) is 15.0. The minimum absolute atomic E-state index is 0.00208. The van der Waals surface area contributed by atoms with Gasteiger partial charge in [-0.15, -0.1) is 0 Å². The van der Waals surface area contributed by atoms with Gasteiger partial charge in [0.2, 0.25) is 5.95 Å². The molecule has 0 fully saturated rings. The Hall–Kier alpha value is -3.59. The fourth-order valence-electron chi connectivity index (χ4n) is 3.46. The van der Waals surface area contributed by atoms with Gasteiger partial charge in [-0.25, -0.2) is 9.97 Å². The molecule has 0 saturated heterocycles. The Bertz CT molecular complexity index is 1120. The van der Waals surface area contributed by atoms with Crippen molar-refractivity contribution in [3.05, 3.63) is 60.4 Å². The van der Waals surface area contributed by atoms with Crippen molar-refractivity contribution in [1.82, 2.24) is 29.9 Å². The summed E-state index contributed by atoms with van der Waals surface area (Å²) >= 11 is 0. The third kappa shape index (κ3) is 4.61. The van der Waals surface area contributed by atoms with Gasteiger partial charge in [-0.05, 0) is 17.0 Å². The number of hydrogen-bond donors (Lipinski definition) is 1. The Morgan fingerprint density at radius 3 is 2.45 bits per heavy atom. The lowest BCUT2D eigenvalue weighted by atomic mass is 9.87. The summed E-state index contributed by atoms with van der Waals surface area (Å²) in [5.41, 5.74) is 9.40. The van der Waals surface area contributed by atoms with Gasteiger partial charge in [-0.1, -0.05) is 43.3 Å². The van der Waals surface area contributed by atoms with Gasteiger partial charge in [0.1, 0.15) is 0 Å². The van der Waals surface area contributed by atoms with E-state index in [1.165, 1.54) is 0 Å². The van der Waals surface area contributed by atoms with Crippen LogP contribution in [0.25, 0.3) is 22.6 Å². The van der Waals surface area contributed by atoms with Gasteiger partial charge in [0, 0.05) is 37.2 Å². The van der Waals surface area contributed by atoms with Crippen LogP contribution >= 0.6 is 0 Å². The number of nitrogens with two attached hydrogens (primary N) is 1. The van der Waals surface area contributed by atoms with Gasteiger partial charge in [0.15, 0.2) is 5.82 Å². The van der Waals surface area contributed by atoms with Gasteiger partial charge < -0.3 is 15.0 Å². The number of aromatic nitrogens is 6. The molecule has 3 heterocycles. The van der Waals surface area contributed by atoms with Gasteiger partial charge in [-0.3, -0.25) is 4.68 Å². The van der Waals surface area contributed by atoms with Crippen molar-refractivity contribution in [1.29, 1.82) is 0 Å². The maximum absolute atomic E-state index is 5.58. The molecule has 0 aliphatic rings. The molecule has 31 heavy (non-hydrogen) atoms. The second kappa shape index (κ2) is 9.05. The van der Waals surface area contributed by atoms with E-state index < -0.39 is 0 Å². The number of ether oxygens (including phenoxy) is 1. The van der Waals surface area contributed by atoms with Crippen molar-refractivity contribution >= 4 is 5.95 Å². The lowest BCUT2D eigenvalue weighted by Gasteiger charge is -2.18. The summed E-state index contributed by atoms with van der Waals surface area (Å²) in [5, 5.41) is 8.58. The standard InChI is InChI=1S/C22H25N7O2/c1-14(2)19(16-6-4-15(5-7-16)17-10-24-22(23)25-11-17)20-27-21(31-28-20)18-12-26-29(13-18)8-9-30-3/h4-7,10-14,19H,8-9H2,1-3H3,(H2,23,24,25)/t19-/m1/s1. The van der Waals surface area contributed by atoms with Crippen LogP contribution in [-0.4, -0.2) is 43.6 Å². The highest BCUT2D eigenvalue weighted by Gasteiger charge is 2.24. The monoisotopic (exact) mass is 419 g/mol. The Morgan fingerprint density at radius 2 is 1.77 bits per heavy atom. The Morgan fingerprint density at radius 1 is 1.03 bits per heavy atom. The van der Waals surface area contributed by atoms with Gasteiger partial charge in [-0.2, -0.15) is 10.1 Å². The van der Waals surface area contributed by atoms with E-state index in [1.807, 2.05) is 18.3 Å². The summed E-state index contributed by atoms with van der Waals surface area (Å²) in [4.78, 5) is 12.8. The van der Waals surface area contributed by atoms with E-state index in [-0.39, 0.29) is 17.8 Å². The zero-order chi connectivity index (χ0) is 21.8. The first-order valence-electron chi connectivity index (χ1n) is 10.1. The molecule has 9 nitrogen and oxygen atoms in total. The molecule has 0 bridgehead atoms. The summed E-state index contributed by atoms with van der Waals surface area (Å²) in [6.45, 7) is 5.54. The molecular formula is C22H25N7O2. The molecule has 160 valence electrons. The molecule has 4 rings (SSSR count). The topological polar surface area (TPSA) is 118 Å². The average Bonchev–Trinajstić information content (AvgIpc) is 3.43. The van der Waals surface area contributed by atoms with Crippen molar-refractivity contribution in [3.63, 3.8) is 0 Å². The highest BCUT2D eigenvalue weighted by atomic mass is 16.5. The quantitative estimate of drug-likeness (QED) is 0.462. The largest absolute Gasteiger partial charge is 0.383 e. The molecule has 0 radical (unpaired) electrons. The molecule has 2 N–H and O–H groups in total. The van der Waals surface area contributed by atoms with Crippen LogP contribution < -0.4 is 5.73 Å². The maximum atomic E-state index is 5.58. The number of benzene rings is 1. The molecule has 0 aliphatic heterocycles. The summed E-state index contributed by atoms with van der Waals surface area (Å²) in [7, 11) is 1.66. The highest BCUT2D eigenvalue weighted by Crippen LogP contribution is 2.32. The van der Waals surface area contributed by atoms with E-state index in [0.717, 1.165) is 22.3 Å². The molecule has 1 aromatic carbocycles. The normalized spacial score (nSPS) is 12.4. The molecule has 0 aliphatic carbocycles.